The third kappa shape index (κ3) is 3.09. The number of para-hydroxylation sites is 1. The molecule has 0 N–H and O–H groups in total. The van der Waals surface area contributed by atoms with E-state index in [4.69, 9.17) is 4.74 Å². The van der Waals surface area contributed by atoms with Crippen LogP contribution in [0.25, 0.3) is 5.69 Å². The minimum Gasteiger partial charge on any atom is -0.368 e. The molecule has 8 heteroatoms. The number of ether oxygens (including phenoxy) is 1. The van der Waals surface area contributed by atoms with Crippen molar-refractivity contribution in [2.24, 2.45) is 0 Å². The second-order valence-corrected chi connectivity index (χ2v) is 6.51. The number of carbonyl (C=O) groups is 1. The maximum atomic E-state index is 12.6. The zero-order valence-corrected chi connectivity index (χ0v) is 14.0. The Bertz CT molecular complexity index is 786. The van der Waals surface area contributed by atoms with Crippen molar-refractivity contribution in [3.8, 4) is 5.69 Å². The van der Waals surface area contributed by atoms with Crippen LogP contribution >= 0.6 is 0 Å². The highest BCUT2D eigenvalue weighted by Gasteiger charge is 2.32. The van der Waals surface area contributed by atoms with E-state index in [0.29, 0.717) is 38.2 Å². The summed E-state index contributed by atoms with van der Waals surface area (Å²) < 4.78 is 8.23. The molecular weight excluding hydrogens is 322 g/mol. The first-order valence-corrected chi connectivity index (χ1v) is 8.74. The molecular formula is C17H21N5O3. The first-order valence-electron chi connectivity index (χ1n) is 8.74. The number of amides is 1. The van der Waals surface area contributed by atoms with Gasteiger partial charge in [-0.1, -0.05) is 18.2 Å². The Labute approximate surface area is 145 Å². The number of benzene rings is 1. The van der Waals surface area contributed by atoms with Crippen molar-refractivity contribution in [2.75, 3.05) is 19.7 Å². The van der Waals surface area contributed by atoms with Gasteiger partial charge in [-0.2, -0.15) is 9.36 Å². The fourth-order valence-corrected chi connectivity index (χ4v) is 3.52. The average Bonchev–Trinajstić information content (AvgIpc) is 3.32. The van der Waals surface area contributed by atoms with Crippen molar-refractivity contribution in [3.05, 3.63) is 40.8 Å². The van der Waals surface area contributed by atoms with Gasteiger partial charge in [-0.25, -0.2) is 4.79 Å². The minimum atomic E-state index is -0.279. The van der Waals surface area contributed by atoms with Gasteiger partial charge in [0.2, 0.25) is 0 Å². The molecule has 0 saturated carbocycles. The number of hydrogen-bond donors (Lipinski definition) is 0. The van der Waals surface area contributed by atoms with Gasteiger partial charge < -0.3 is 9.64 Å². The van der Waals surface area contributed by atoms with E-state index in [2.05, 4.69) is 10.4 Å². The maximum Gasteiger partial charge on any atom is 0.368 e. The normalized spacial score (nSPS) is 21.6. The van der Waals surface area contributed by atoms with Crippen LogP contribution < -0.4 is 5.69 Å². The molecule has 2 aromatic rings. The lowest BCUT2D eigenvalue weighted by atomic mass is 10.0. The van der Waals surface area contributed by atoms with Crippen molar-refractivity contribution in [3.63, 3.8) is 0 Å². The van der Waals surface area contributed by atoms with Gasteiger partial charge in [0.25, 0.3) is 5.91 Å². The Morgan fingerprint density at radius 2 is 1.84 bits per heavy atom. The molecule has 1 aromatic carbocycles. The Kier molecular flexibility index (Phi) is 4.35. The zero-order valence-electron chi connectivity index (χ0n) is 14.0. The standard InChI is InChI=1S/C17H21N5O3/c23-16(15-7-4-12-25-15)20-10-8-14(9-11-20)22-17(24)21(18-19-22)13-5-2-1-3-6-13/h1-3,5-6,14-15H,4,7-12H2. The lowest BCUT2D eigenvalue weighted by Gasteiger charge is -2.32. The van der Waals surface area contributed by atoms with Crippen LogP contribution in [0.2, 0.25) is 0 Å². The van der Waals surface area contributed by atoms with Crippen LogP contribution in [0.15, 0.2) is 35.1 Å². The van der Waals surface area contributed by atoms with Crippen molar-refractivity contribution in [1.82, 2.24) is 24.7 Å². The van der Waals surface area contributed by atoms with Crippen LogP contribution in [0.5, 0.6) is 0 Å². The van der Waals surface area contributed by atoms with Crippen molar-refractivity contribution >= 4 is 5.91 Å². The van der Waals surface area contributed by atoms with E-state index in [1.54, 1.807) is 0 Å². The molecule has 4 rings (SSSR count). The third-order valence-electron chi connectivity index (χ3n) is 4.93. The summed E-state index contributed by atoms with van der Waals surface area (Å²) in [6.07, 6.45) is 2.88. The molecule has 1 aromatic heterocycles. The Morgan fingerprint density at radius 1 is 1.08 bits per heavy atom. The van der Waals surface area contributed by atoms with Crippen LogP contribution in [-0.4, -0.2) is 56.4 Å². The van der Waals surface area contributed by atoms with Crippen molar-refractivity contribution < 1.29 is 9.53 Å². The predicted octanol–water partition coefficient (Wildman–Crippen LogP) is 0.771. The molecule has 1 atom stereocenters. The third-order valence-corrected chi connectivity index (χ3v) is 4.93. The molecule has 1 unspecified atom stereocenters. The fraction of sp³-hybridized carbons (Fsp3) is 0.529. The molecule has 2 aliphatic heterocycles. The molecule has 0 aliphatic carbocycles. The van der Waals surface area contributed by atoms with Crippen LogP contribution in [-0.2, 0) is 9.53 Å². The van der Waals surface area contributed by atoms with Crippen LogP contribution in [0, 0.1) is 0 Å². The lowest BCUT2D eigenvalue weighted by molar-refractivity contribution is -0.142. The monoisotopic (exact) mass is 343 g/mol. The SMILES string of the molecule is O=C(C1CCCO1)N1CCC(n2nnn(-c3ccccc3)c2=O)CC1. The highest BCUT2D eigenvalue weighted by Crippen LogP contribution is 2.23. The Balaban J connectivity index is 1.44. The second kappa shape index (κ2) is 6.79. The fourth-order valence-electron chi connectivity index (χ4n) is 3.52. The van der Waals surface area contributed by atoms with E-state index in [1.807, 2.05) is 35.2 Å². The van der Waals surface area contributed by atoms with Gasteiger partial charge in [-0.05, 0) is 48.2 Å². The number of nitrogens with zero attached hydrogens (tertiary/aromatic N) is 5. The number of aromatic nitrogens is 4. The minimum absolute atomic E-state index is 0.0292. The molecule has 8 nitrogen and oxygen atoms in total. The predicted molar refractivity (Wildman–Crippen MR) is 89.4 cm³/mol. The summed E-state index contributed by atoms with van der Waals surface area (Å²) >= 11 is 0. The highest BCUT2D eigenvalue weighted by atomic mass is 16.5. The van der Waals surface area contributed by atoms with Gasteiger partial charge in [0.05, 0.1) is 11.7 Å². The number of rotatable bonds is 3. The summed E-state index contributed by atoms with van der Waals surface area (Å²) in [5.41, 5.74) is 0.458. The summed E-state index contributed by atoms with van der Waals surface area (Å²) in [5, 5.41) is 8.05. The Morgan fingerprint density at radius 3 is 2.52 bits per heavy atom. The number of hydrogen-bond acceptors (Lipinski definition) is 5. The summed E-state index contributed by atoms with van der Waals surface area (Å²) in [5.74, 6) is 0.0798. The summed E-state index contributed by atoms with van der Waals surface area (Å²) in [6, 6.07) is 9.22. The number of likely N-dealkylation sites (tertiary alicyclic amines) is 1. The number of tetrazole rings is 1. The zero-order chi connectivity index (χ0) is 17.2. The molecule has 2 fully saturated rings. The number of piperidine rings is 1. The Hall–Kier alpha value is -2.48. The summed E-state index contributed by atoms with van der Waals surface area (Å²) in [6.45, 7) is 1.91. The average molecular weight is 343 g/mol. The van der Waals surface area contributed by atoms with Gasteiger partial charge >= 0.3 is 5.69 Å². The lowest BCUT2D eigenvalue weighted by Crippen LogP contribution is -2.45. The van der Waals surface area contributed by atoms with E-state index in [-0.39, 0.29) is 23.7 Å². The van der Waals surface area contributed by atoms with Gasteiger partial charge in [0.1, 0.15) is 6.10 Å². The first kappa shape index (κ1) is 16.0. The van der Waals surface area contributed by atoms with Crippen LogP contribution in [0.1, 0.15) is 31.7 Å². The van der Waals surface area contributed by atoms with E-state index in [0.717, 1.165) is 12.8 Å². The van der Waals surface area contributed by atoms with Gasteiger partial charge in [0.15, 0.2) is 0 Å². The smallest absolute Gasteiger partial charge is 0.368 e. The molecule has 25 heavy (non-hydrogen) atoms. The largest absolute Gasteiger partial charge is 0.368 e. The topological polar surface area (TPSA) is 82.2 Å². The van der Waals surface area contributed by atoms with E-state index < -0.39 is 0 Å². The maximum absolute atomic E-state index is 12.6. The van der Waals surface area contributed by atoms with Gasteiger partial charge in [-0.15, -0.1) is 0 Å². The van der Waals surface area contributed by atoms with E-state index in [9.17, 15) is 9.59 Å². The quantitative estimate of drug-likeness (QED) is 0.822. The molecule has 132 valence electrons. The van der Waals surface area contributed by atoms with Crippen LogP contribution in [0.4, 0.5) is 0 Å². The first-order chi connectivity index (χ1) is 12.2. The molecule has 0 bridgehead atoms. The molecule has 1 amide bonds. The summed E-state index contributed by atoms with van der Waals surface area (Å²) in [7, 11) is 0. The summed E-state index contributed by atoms with van der Waals surface area (Å²) in [4.78, 5) is 26.8. The molecule has 2 aliphatic rings. The van der Waals surface area contributed by atoms with Crippen LogP contribution in [0.3, 0.4) is 0 Å². The van der Waals surface area contributed by atoms with Gasteiger partial charge in [-0.3, -0.25) is 4.79 Å². The second-order valence-electron chi connectivity index (χ2n) is 6.51. The van der Waals surface area contributed by atoms with Gasteiger partial charge in [0, 0.05) is 19.7 Å². The van der Waals surface area contributed by atoms with E-state index in [1.165, 1.54) is 9.36 Å². The highest BCUT2D eigenvalue weighted by molar-refractivity contribution is 5.81. The van der Waals surface area contributed by atoms with Crippen molar-refractivity contribution in [1.29, 1.82) is 0 Å². The molecule has 2 saturated heterocycles. The van der Waals surface area contributed by atoms with Crippen molar-refractivity contribution in [2.45, 2.75) is 37.8 Å². The molecule has 0 spiro atoms. The van der Waals surface area contributed by atoms with E-state index >= 15 is 0 Å². The molecule has 3 heterocycles. The number of carbonyl (C=O) groups excluding carboxylic acids is 1. The molecule has 0 radical (unpaired) electrons.